The van der Waals surface area contributed by atoms with Gasteiger partial charge in [0.15, 0.2) is 0 Å². The Morgan fingerprint density at radius 3 is 2.55 bits per heavy atom. The van der Waals surface area contributed by atoms with E-state index >= 15 is 0 Å². The monoisotopic (exact) mass is 521 g/mol. The van der Waals surface area contributed by atoms with Crippen molar-refractivity contribution in [1.29, 1.82) is 0 Å². The summed E-state index contributed by atoms with van der Waals surface area (Å²) in [5.74, 6) is 1.08. The first-order chi connectivity index (χ1) is 14.9. The number of likely N-dealkylation sites (tertiary alicyclic amines) is 1. The van der Waals surface area contributed by atoms with E-state index in [2.05, 4.69) is 29.3 Å². The Morgan fingerprint density at radius 1 is 1.24 bits per heavy atom. The van der Waals surface area contributed by atoms with E-state index in [1.54, 1.807) is 12.3 Å². The summed E-state index contributed by atoms with van der Waals surface area (Å²) in [5.41, 5.74) is 2.18. The van der Waals surface area contributed by atoms with Crippen LogP contribution in [-0.4, -0.2) is 71.6 Å². The van der Waals surface area contributed by atoms with Crippen molar-refractivity contribution in [2.24, 2.45) is 11.8 Å². The number of amides is 2. The molecule has 0 spiro atoms. The molecule has 2 heterocycles. The van der Waals surface area contributed by atoms with E-state index in [1.165, 1.54) is 17.6 Å². The smallest absolute Gasteiger partial charge is 0.267 e. The van der Waals surface area contributed by atoms with Gasteiger partial charge in [-0.25, -0.2) is 10.5 Å². The molecule has 33 heavy (non-hydrogen) atoms. The minimum Gasteiger partial charge on any atom is -0.364 e. The number of carbonyl (C=O) groups is 2. The zero-order valence-corrected chi connectivity index (χ0v) is 21.4. The maximum Gasteiger partial charge on any atom is 0.267 e. The zero-order chi connectivity index (χ0) is 22.4. The maximum atomic E-state index is 13.0. The number of hydrogen-bond donors (Lipinski definition) is 3. The highest BCUT2D eigenvalue weighted by atomic mass is 35.5. The fourth-order valence-electron chi connectivity index (χ4n) is 4.50. The van der Waals surface area contributed by atoms with E-state index in [0.717, 1.165) is 45.2 Å². The predicted molar refractivity (Wildman–Crippen MR) is 135 cm³/mol. The van der Waals surface area contributed by atoms with Crippen LogP contribution in [0.3, 0.4) is 0 Å². The molecule has 1 aromatic rings. The standard InChI is InChI=1S/C22H32ClN5O3.2ClH/c1-27(2)13-15-3-6-17(7-4-15)22(30)28-10-9-18(14-28)25-21-19(23)11-16(12-24-21)5-8-20(29)26-31;;/h5,8,11-12,15,17-18,31H,3-4,6-7,9-10,13-14H2,1-2H3,(H,24,25)(H,26,29);2*1H/b8-5+;;/t15-,17-,18-;;/m1../s1. The van der Waals surface area contributed by atoms with Crippen molar-refractivity contribution in [3.8, 4) is 0 Å². The number of rotatable bonds is 7. The minimum absolute atomic E-state index is 0. The van der Waals surface area contributed by atoms with Crippen molar-refractivity contribution in [1.82, 2.24) is 20.3 Å². The Labute approximate surface area is 212 Å². The van der Waals surface area contributed by atoms with Crippen LogP contribution in [0.15, 0.2) is 18.3 Å². The molecule has 2 aliphatic rings. The van der Waals surface area contributed by atoms with Crippen molar-refractivity contribution in [2.75, 3.05) is 39.0 Å². The molecule has 2 fully saturated rings. The Hall–Kier alpha value is -1.58. The Kier molecular flexibility index (Phi) is 12.5. The molecular formula is C22H34Cl3N5O3. The number of hydroxylamine groups is 1. The number of aromatic nitrogens is 1. The van der Waals surface area contributed by atoms with Gasteiger partial charge in [-0.2, -0.15) is 0 Å². The molecule has 1 saturated heterocycles. The molecular weight excluding hydrogens is 489 g/mol. The first kappa shape index (κ1) is 29.5. The number of halogens is 3. The normalized spacial score (nSPS) is 22.6. The topological polar surface area (TPSA) is 97.8 Å². The van der Waals surface area contributed by atoms with Crippen LogP contribution in [0.1, 0.15) is 37.7 Å². The van der Waals surface area contributed by atoms with Crippen molar-refractivity contribution >= 4 is 60.1 Å². The average molecular weight is 523 g/mol. The first-order valence-electron chi connectivity index (χ1n) is 10.8. The van der Waals surface area contributed by atoms with Gasteiger partial charge in [-0.1, -0.05) is 11.6 Å². The van der Waals surface area contributed by atoms with Crippen molar-refractivity contribution < 1.29 is 14.8 Å². The summed E-state index contributed by atoms with van der Waals surface area (Å²) in [6.45, 7) is 2.52. The lowest BCUT2D eigenvalue weighted by atomic mass is 9.81. The molecule has 3 N–H and O–H groups in total. The van der Waals surface area contributed by atoms with E-state index in [0.29, 0.717) is 28.9 Å². The fourth-order valence-corrected chi connectivity index (χ4v) is 4.73. The first-order valence-corrected chi connectivity index (χ1v) is 11.2. The summed E-state index contributed by atoms with van der Waals surface area (Å²) < 4.78 is 0. The van der Waals surface area contributed by atoms with Crippen LogP contribution in [-0.2, 0) is 9.59 Å². The predicted octanol–water partition coefficient (Wildman–Crippen LogP) is 3.48. The van der Waals surface area contributed by atoms with Gasteiger partial charge in [0.25, 0.3) is 5.91 Å². The molecule has 11 heteroatoms. The van der Waals surface area contributed by atoms with Crippen LogP contribution in [0.5, 0.6) is 0 Å². The second-order valence-electron chi connectivity index (χ2n) is 8.80. The number of carbonyl (C=O) groups excluding carboxylic acids is 2. The van der Waals surface area contributed by atoms with Crippen LogP contribution < -0.4 is 10.8 Å². The quantitative estimate of drug-likeness (QED) is 0.288. The highest BCUT2D eigenvalue weighted by Gasteiger charge is 2.33. The summed E-state index contributed by atoms with van der Waals surface area (Å²) >= 11 is 6.33. The molecule has 0 radical (unpaired) electrons. The molecule has 1 atom stereocenters. The molecule has 3 rings (SSSR count). The van der Waals surface area contributed by atoms with Crippen molar-refractivity contribution in [2.45, 2.75) is 38.1 Å². The molecule has 186 valence electrons. The second-order valence-corrected chi connectivity index (χ2v) is 9.21. The molecule has 0 aromatic carbocycles. The van der Waals surface area contributed by atoms with E-state index in [9.17, 15) is 9.59 Å². The molecule has 1 saturated carbocycles. The lowest BCUT2D eigenvalue weighted by molar-refractivity contribution is -0.135. The van der Waals surface area contributed by atoms with E-state index in [4.69, 9.17) is 16.8 Å². The lowest BCUT2D eigenvalue weighted by Gasteiger charge is -2.31. The fraction of sp³-hybridized carbons (Fsp3) is 0.591. The minimum atomic E-state index is -0.625. The van der Waals surface area contributed by atoms with Crippen LogP contribution in [0.4, 0.5) is 5.82 Å². The largest absolute Gasteiger partial charge is 0.364 e. The molecule has 2 amide bonds. The summed E-state index contributed by atoms with van der Waals surface area (Å²) in [6.07, 6.45) is 9.39. The average Bonchev–Trinajstić information content (AvgIpc) is 3.22. The number of nitrogens with one attached hydrogen (secondary N) is 2. The Bertz CT molecular complexity index is 816. The van der Waals surface area contributed by atoms with Gasteiger partial charge in [0, 0.05) is 43.9 Å². The molecule has 0 unspecified atom stereocenters. The van der Waals surface area contributed by atoms with E-state index in [-0.39, 0.29) is 42.7 Å². The number of nitrogens with zero attached hydrogens (tertiary/aromatic N) is 3. The summed E-state index contributed by atoms with van der Waals surface area (Å²) in [4.78, 5) is 32.6. The molecule has 1 aliphatic heterocycles. The zero-order valence-electron chi connectivity index (χ0n) is 19.0. The maximum absolute atomic E-state index is 13.0. The van der Waals surface area contributed by atoms with Gasteiger partial charge in [-0.3, -0.25) is 14.8 Å². The Morgan fingerprint density at radius 2 is 1.94 bits per heavy atom. The van der Waals surface area contributed by atoms with Gasteiger partial charge in [0.05, 0.1) is 5.02 Å². The van der Waals surface area contributed by atoms with Gasteiger partial charge in [-0.05, 0) is 69.8 Å². The highest BCUT2D eigenvalue weighted by molar-refractivity contribution is 6.33. The second kappa shape index (κ2) is 14.0. The molecule has 1 aromatic heterocycles. The van der Waals surface area contributed by atoms with Crippen LogP contribution in [0.25, 0.3) is 6.08 Å². The summed E-state index contributed by atoms with van der Waals surface area (Å²) in [6, 6.07) is 1.81. The van der Waals surface area contributed by atoms with Crippen LogP contribution >= 0.6 is 36.4 Å². The molecule has 0 bridgehead atoms. The molecule has 8 nitrogen and oxygen atoms in total. The van der Waals surface area contributed by atoms with Crippen molar-refractivity contribution in [3.63, 3.8) is 0 Å². The van der Waals surface area contributed by atoms with Crippen LogP contribution in [0, 0.1) is 11.8 Å². The third-order valence-corrected chi connectivity index (χ3v) is 6.35. The SMILES string of the molecule is CN(C)C[C@H]1CC[C@H](C(=O)N2CC[C@@H](Nc3ncc(/C=C/C(=O)NO)cc3Cl)C2)CC1.Cl.Cl. The third-order valence-electron chi connectivity index (χ3n) is 6.06. The number of anilines is 1. The van der Waals surface area contributed by atoms with Crippen molar-refractivity contribution in [3.05, 3.63) is 28.9 Å². The molecule has 1 aliphatic carbocycles. The van der Waals surface area contributed by atoms with Gasteiger partial charge in [0.1, 0.15) is 5.82 Å². The number of hydrogen-bond acceptors (Lipinski definition) is 6. The van der Waals surface area contributed by atoms with Gasteiger partial charge in [-0.15, -0.1) is 24.8 Å². The van der Waals surface area contributed by atoms with E-state index < -0.39 is 5.91 Å². The lowest BCUT2D eigenvalue weighted by Crippen LogP contribution is -2.38. The Balaban J connectivity index is 0.00000272. The van der Waals surface area contributed by atoms with Crippen LogP contribution in [0.2, 0.25) is 5.02 Å². The third kappa shape index (κ3) is 8.61. The van der Waals surface area contributed by atoms with Gasteiger partial charge < -0.3 is 15.1 Å². The van der Waals surface area contributed by atoms with Gasteiger partial charge >= 0.3 is 0 Å². The highest BCUT2D eigenvalue weighted by Crippen LogP contribution is 2.31. The summed E-state index contributed by atoms with van der Waals surface area (Å²) in [7, 11) is 4.21. The van der Waals surface area contributed by atoms with E-state index in [1.807, 2.05) is 4.90 Å². The number of pyridine rings is 1. The van der Waals surface area contributed by atoms with Gasteiger partial charge in [0.2, 0.25) is 5.91 Å². The summed E-state index contributed by atoms with van der Waals surface area (Å²) in [5, 5.41) is 12.3.